The molecule has 1 aromatic heterocycles. The van der Waals surface area contributed by atoms with Gasteiger partial charge in [-0.05, 0) is 56.5 Å². The number of carbonyl (C=O) groups is 2. The first-order valence-electron chi connectivity index (χ1n) is 9.74. The van der Waals surface area contributed by atoms with Crippen LogP contribution in [0.2, 0.25) is 0 Å². The molecular formula is C24H25NO4S. The molecule has 3 rings (SSSR count). The molecule has 3 aromatic rings. The minimum absolute atomic E-state index is 0.150. The number of thiophene rings is 1. The lowest BCUT2D eigenvalue weighted by molar-refractivity contribution is -0.118. The van der Waals surface area contributed by atoms with E-state index in [4.69, 9.17) is 9.47 Å². The highest BCUT2D eigenvalue weighted by molar-refractivity contribution is 7.15. The number of hydrogen-bond acceptors (Lipinski definition) is 5. The number of nitrogens with one attached hydrogen (secondary N) is 1. The number of carbonyl (C=O) groups excluding carboxylic acids is 2. The molecule has 0 saturated carbocycles. The van der Waals surface area contributed by atoms with Gasteiger partial charge in [0.25, 0.3) is 5.91 Å². The molecule has 0 fully saturated rings. The number of aryl methyl sites for hydroxylation is 3. The summed E-state index contributed by atoms with van der Waals surface area (Å²) in [5.74, 6) is -0.166. The van der Waals surface area contributed by atoms with Gasteiger partial charge in [-0.15, -0.1) is 11.3 Å². The molecule has 0 aliphatic rings. The summed E-state index contributed by atoms with van der Waals surface area (Å²) >= 11 is 1.30. The first-order valence-corrected chi connectivity index (χ1v) is 10.6. The molecule has 156 valence electrons. The summed E-state index contributed by atoms with van der Waals surface area (Å²) < 4.78 is 10.8. The normalized spacial score (nSPS) is 10.5. The zero-order valence-electron chi connectivity index (χ0n) is 17.6. The molecule has 0 bridgehead atoms. The molecule has 0 saturated heterocycles. The van der Waals surface area contributed by atoms with E-state index in [2.05, 4.69) is 5.32 Å². The van der Waals surface area contributed by atoms with E-state index in [1.54, 1.807) is 6.92 Å². The van der Waals surface area contributed by atoms with Crippen LogP contribution in [-0.4, -0.2) is 25.1 Å². The van der Waals surface area contributed by atoms with Crippen molar-refractivity contribution in [2.24, 2.45) is 0 Å². The third kappa shape index (κ3) is 5.07. The lowest BCUT2D eigenvalue weighted by atomic mass is 10.0. The summed E-state index contributed by atoms with van der Waals surface area (Å²) in [5.41, 5.74) is 5.39. The highest BCUT2D eigenvalue weighted by atomic mass is 32.1. The Labute approximate surface area is 180 Å². The van der Waals surface area contributed by atoms with Crippen LogP contribution in [-0.2, 0) is 9.53 Å². The Morgan fingerprint density at radius 2 is 1.73 bits per heavy atom. The Hall–Kier alpha value is -3.12. The van der Waals surface area contributed by atoms with Crippen molar-refractivity contribution in [2.75, 3.05) is 18.5 Å². The summed E-state index contributed by atoms with van der Waals surface area (Å²) in [6.07, 6.45) is 0. The Balaban J connectivity index is 1.78. The van der Waals surface area contributed by atoms with Gasteiger partial charge in [0.15, 0.2) is 6.61 Å². The van der Waals surface area contributed by atoms with Gasteiger partial charge in [0.05, 0.1) is 6.61 Å². The third-order valence-electron chi connectivity index (χ3n) is 4.73. The van der Waals surface area contributed by atoms with Gasteiger partial charge in [-0.3, -0.25) is 4.79 Å². The van der Waals surface area contributed by atoms with Crippen LogP contribution >= 0.6 is 11.3 Å². The van der Waals surface area contributed by atoms with Crippen molar-refractivity contribution in [3.63, 3.8) is 0 Å². The van der Waals surface area contributed by atoms with E-state index in [9.17, 15) is 9.59 Å². The number of ether oxygens (including phenoxy) is 2. The van der Waals surface area contributed by atoms with Crippen molar-refractivity contribution in [2.45, 2.75) is 27.7 Å². The van der Waals surface area contributed by atoms with Crippen LogP contribution < -0.4 is 10.1 Å². The molecule has 0 radical (unpaired) electrons. The van der Waals surface area contributed by atoms with Gasteiger partial charge in [-0.1, -0.05) is 35.9 Å². The first kappa shape index (κ1) is 21.6. The van der Waals surface area contributed by atoms with Crippen LogP contribution in [0.4, 0.5) is 5.00 Å². The highest BCUT2D eigenvalue weighted by Crippen LogP contribution is 2.36. The molecule has 1 amide bonds. The molecule has 1 heterocycles. The maximum atomic E-state index is 12.6. The molecule has 0 aliphatic carbocycles. The van der Waals surface area contributed by atoms with Gasteiger partial charge in [0, 0.05) is 10.9 Å². The maximum Gasteiger partial charge on any atom is 0.341 e. The second-order valence-corrected chi connectivity index (χ2v) is 7.90. The lowest BCUT2D eigenvalue weighted by Crippen LogP contribution is -2.21. The fourth-order valence-corrected chi connectivity index (χ4v) is 3.89. The van der Waals surface area contributed by atoms with Crippen molar-refractivity contribution >= 4 is 28.2 Å². The quantitative estimate of drug-likeness (QED) is 0.507. The maximum absolute atomic E-state index is 12.6. The van der Waals surface area contributed by atoms with Crippen LogP contribution in [0.1, 0.15) is 34.0 Å². The minimum atomic E-state index is -0.459. The van der Waals surface area contributed by atoms with Gasteiger partial charge < -0.3 is 14.8 Å². The fraction of sp³-hybridized carbons (Fsp3) is 0.250. The smallest absolute Gasteiger partial charge is 0.341 e. The summed E-state index contributed by atoms with van der Waals surface area (Å²) in [6, 6.07) is 13.6. The second-order valence-electron chi connectivity index (χ2n) is 7.02. The summed E-state index contributed by atoms with van der Waals surface area (Å²) in [6.45, 7) is 7.88. The SMILES string of the molecule is CCOC(=O)c1c(-c2ccc(C)cc2)csc1NC(=O)COc1ccc(C)c(C)c1. The second kappa shape index (κ2) is 9.59. The zero-order valence-corrected chi connectivity index (χ0v) is 18.4. The number of anilines is 1. The molecule has 0 unspecified atom stereocenters. The minimum Gasteiger partial charge on any atom is -0.484 e. The van der Waals surface area contributed by atoms with Crippen LogP contribution in [0.15, 0.2) is 47.8 Å². The monoisotopic (exact) mass is 423 g/mol. The van der Waals surface area contributed by atoms with Crippen LogP contribution in [0.25, 0.3) is 11.1 Å². The average molecular weight is 424 g/mol. The predicted molar refractivity (Wildman–Crippen MR) is 120 cm³/mol. The zero-order chi connectivity index (χ0) is 21.7. The van der Waals surface area contributed by atoms with Gasteiger partial charge in [0.2, 0.25) is 0 Å². The summed E-state index contributed by atoms with van der Waals surface area (Å²) in [7, 11) is 0. The van der Waals surface area contributed by atoms with Gasteiger partial charge in [-0.2, -0.15) is 0 Å². The van der Waals surface area contributed by atoms with E-state index in [0.29, 0.717) is 16.3 Å². The van der Waals surface area contributed by atoms with Gasteiger partial charge >= 0.3 is 5.97 Å². The molecule has 2 aromatic carbocycles. The average Bonchev–Trinajstić information content (AvgIpc) is 3.13. The molecule has 0 aliphatic heterocycles. The number of amides is 1. The molecule has 6 heteroatoms. The van der Waals surface area contributed by atoms with E-state index in [1.165, 1.54) is 11.3 Å². The predicted octanol–water partition coefficient (Wildman–Crippen LogP) is 5.53. The number of hydrogen-bond donors (Lipinski definition) is 1. The molecule has 1 N–H and O–H groups in total. The van der Waals surface area contributed by atoms with Crippen molar-refractivity contribution in [3.05, 3.63) is 70.1 Å². The van der Waals surface area contributed by atoms with E-state index in [1.807, 2.05) is 68.6 Å². The highest BCUT2D eigenvalue weighted by Gasteiger charge is 2.23. The van der Waals surface area contributed by atoms with E-state index in [0.717, 1.165) is 27.8 Å². The fourth-order valence-electron chi connectivity index (χ4n) is 2.92. The third-order valence-corrected chi connectivity index (χ3v) is 5.63. The van der Waals surface area contributed by atoms with Crippen molar-refractivity contribution in [1.82, 2.24) is 0 Å². The topological polar surface area (TPSA) is 64.6 Å². The first-order chi connectivity index (χ1) is 14.4. The van der Waals surface area contributed by atoms with Crippen LogP contribution in [0.5, 0.6) is 5.75 Å². The Morgan fingerprint density at radius 3 is 2.40 bits per heavy atom. The molecule has 0 spiro atoms. The van der Waals surface area contributed by atoms with Crippen molar-refractivity contribution < 1.29 is 19.1 Å². The van der Waals surface area contributed by atoms with Crippen LogP contribution in [0.3, 0.4) is 0 Å². The Bertz CT molecular complexity index is 1050. The molecule has 30 heavy (non-hydrogen) atoms. The molecular weight excluding hydrogens is 398 g/mol. The number of benzene rings is 2. The largest absolute Gasteiger partial charge is 0.484 e. The van der Waals surface area contributed by atoms with Gasteiger partial charge in [-0.25, -0.2) is 4.79 Å². The van der Waals surface area contributed by atoms with E-state index >= 15 is 0 Å². The number of rotatable bonds is 7. The van der Waals surface area contributed by atoms with Gasteiger partial charge in [0.1, 0.15) is 16.3 Å². The van der Waals surface area contributed by atoms with Crippen LogP contribution in [0, 0.1) is 20.8 Å². The van der Waals surface area contributed by atoms with Crippen molar-refractivity contribution in [3.8, 4) is 16.9 Å². The van der Waals surface area contributed by atoms with E-state index < -0.39 is 5.97 Å². The molecule has 5 nitrogen and oxygen atoms in total. The van der Waals surface area contributed by atoms with E-state index in [-0.39, 0.29) is 19.1 Å². The Morgan fingerprint density at radius 1 is 1.00 bits per heavy atom. The summed E-state index contributed by atoms with van der Waals surface area (Å²) in [5, 5.41) is 5.12. The Kier molecular flexibility index (Phi) is 6.90. The lowest BCUT2D eigenvalue weighted by Gasteiger charge is -2.10. The standard InChI is InChI=1S/C24H25NO4S/c1-5-28-24(27)22-20(18-9-6-15(2)7-10-18)14-30-23(22)25-21(26)13-29-19-11-8-16(3)17(4)12-19/h6-12,14H,5,13H2,1-4H3,(H,25,26). The number of esters is 1. The molecule has 0 atom stereocenters. The summed E-state index contributed by atoms with van der Waals surface area (Å²) in [4.78, 5) is 25.1. The van der Waals surface area contributed by atoms with Crippen molar-refractivity contribution in [1.29, 1.82) is 0 Å².